The van der Waals surface area contributed by atoms with Crippen molar-refractivity contribution in [1.82, 2.24) is 14.7 Å². The molecule has 8 heteroatoms. The molecule has 114 valence electrons. The molecule has 2 rings (SSSR count). The Bertz CT molecular complexity index is 715. The second-order valence-electron chi connectivity index (χ2n) is 4.54. The Balaban J connectivity index is 2.17. The molecule has 0 fully saturated rings. The molecule has 6 nitrogen and oxygen atoms in total. The van der Waals surface area contributed by atoms with E-state index in [1.807, 2.05) is 0 Å². The summed E-state index contributed by atoms with van der Waals surface area (Å²) < 4.78 is 27.9. The Labute approximate surface area is 131 Å². The van der Waals surface area contributed by atoms with Crippen molar-refractivity contribution >= 4 is 26.0 Å². The quantitative estimate of drug-likeness (QED) is 0.714. The molecule has 0 bridgehead atoms. The molecule has 0 amide bonds. The van der Waals surface area contributed by atoms with Gasteiger partial charge in [0.1, 0.15) is 5.82 Å². The van der Waals surface area contributed by atoms with Crippen LogP contribution in [-0.2, 0) is 23.1 Å². The maximum atomic E-state index is 12.4. The molecule has 3 N–H and O–H groups in total. The SMILES string of the molecule is Cc1c(Br)cc(CO)cc1S(=O)(=O)NCCc1ncc[nH]1. The van der Waals surface area contributed by atoms with Gasteiger partial charge in [-0.15, -0.1) is 0 Å². The van der Waals surface area contributed by atoms with Crippen molar-refractivity contribution in [3.8, 4) is 0 Å². The van der Waals surface area contributed by atoms with Crippen LogP contribution in [0, 0.1) is 6.92 Å². The minimum atomic E-state index is -3.63. The van der Waals surface area contributed by atoms with Crippen molar-refractivity contribution in [2.24, 2.45) is 0 Å². The number of rotatable bonds is 6. The molecule has 1 aromatic heterocycles. The molecule has 2 aromatic rings. The number of aliphatic hydroxyl groups excluding tert-OH is 1. The molecular formula is C13H16BrN3O3S. The van der Waals surface area contributed by atoms with Gasteiger partial charge < -0.3 is 10.1 Å². The van der Waals surface area contributed by atoms with E-state index in [0.717, 1.165) is 5.82 Å². The van der Waals surface area contributed by atoms with Gasteiger partial charge in [-0.1, -0.05) is 15.9 Å². The summed E-state index contributed by atoms with van der Waals surface area (Å²) in [5.74, 6) is 0.722. The van der Waals surface area contributed by atoms with Gasteiger partial charge in [0.25, 0.3) is 0 Å². The highest BCUT2D eigenvalue weighted by molar-refractivity contribution is 9.10. The van der Waals surface area contributed by atoms with E-state index in [9.17, 15) is 13.5 Å². The van der Waals surface area contributed by atoms with E-state index in [0.29, 0.717) is 22.0 Å². The van der Waals surface area contributed by atoms with Crippen molar-refractivity contribution in [2.45, 2.75) is 24.8 Å². The fourth-order valence-electron chi connectivity index (χ4n) is 1.89. The van der Waals surface area contributed by atoms with Crippen LogP contribution >= 0.6 is 15.9 Å². The summed E-state index contributed by atoms with van der Waals surface area (Å²) >= 11 is 3.31. The summed E-state index contributed by atoms with van der Waals surface area (Å²) in [7, 11) is -3.63. The summed E-state index contributed by atoms with van der Waals surface area (Å²) in [4.78, 5) is 7.12. The number of nitrogens with one attached hydrogen (secondary N) is 2. The minimum absolute atomic E-state index is 0.167. The van der Waals surface area contributed by atoms with Gasteiger partial charge in [-0.2, -0.15) is 0 Å². The highest BCUT2D eigenvalue weighted by Gasteiger charge is 2.19. The molecule has 0 unspecified atom stereocenters. The van der Waals surface area contributed by atoms with Gasteiger partial charge in [0.2, 0.25) is 10.0 Å². The standard InChI is InChI=1S/C13H16BrN3O3S/c1-9-11(14)6-10(8-18)7-12(9)21(19,20)17-3-2-13-15-4-5-16-13/h4-7,17-18H,2-3,8H2,1H3,(H,15,16). The number of H-pyrrole nitrogens is 1. The van der Waals surface area contributed by atoms with Crippen LogP contribution in [0.25, 0.3) is 0 Å². The Morgan fingerprint density at radius 2 is 2.19 bits per heavy atom. The molecule has 0 aliphatic rings. The number of nitrogens with zero attached hydrogens (tertiary/aromatic N) is 1. The van der Waals surface area contributed by atoms with Crippen molar-refractivity contribution in [3.63, 3.8) is 0 Å². The molecule has 0 aliphatic heterocycles. The summed E-state index contributed by atoms with van der Waals surface area (Å²) in [6.45, 7) is 1.75. The summed E-state index contributed by atoms with van der Waals surface area (Å²) in [5.41, 5.74) is 1.15. The van der Waals surface area contributed by atoms with Crippen LogP contribution in [0.5, 0.6) is 0 Å². The first-order chi connectivity index (χ1) is 9.94. The number of imidazole rings is 1. The average molecular weight is 374 g/mol. The first-order valence-electron chi connectivity index (χ1n) is 6.32. The molecule has 0 atom stereocenters. The van der Waals surface area contributed by atoms with E-state index in [-0.39, 0.29) is 18.0 Å². The number of sulfonamides is 1. The summed E-state index contributed by atoms with van der Waals surface area (Å²) in [5, 5.41) is 9.20. The number of halogens is 1. The van der Waals surface area contributed by atoms with Crippen LogP contribution in [0.2, 0.25) is 0 Å². The second-order valence-corrected chi connectivity index (χ2v) is 7.13. The highest BCUT2D eigenvalue weighted by Crippen LogP contribution is 2.25. The lowest BCUT2D eigenvalue weighted by molar-refractivity contribution is 0.281. The van der Waals surface area contributed by atoms with Gasteiger partial charge in [0.15, 0.2) is 0 Å². The van der Waals surface area contributed by atoms with E-state index in [1.165, 1.54) is 6.07 Å². The second kappa shape index (κ2) is 6.69. The molecule has 1 aromatic carbocycles. The number of aromatic nitrogens is 2. The molecule has 0 aliphatic carbocycles. The molecule has 0 spiro atoms. The topological polar surface area (TPSA) is 95.1 Å². The van der Waals surface area contributed by atoms with E-state index >= 15 is 0 Å². The third-order valence-electron chi connectivity index (χ3n) is 3.04. The number of hydrogen-bond donors (Lipinski definition) is 3. The zero-order valence-corrected chi connectivity index (χ0v) is 13.8. The Kier molecular flexibility index (Phi) is 5.15. The van der Waals surface area contributed by atoms with E-state index < -0.39 is 10.0 Å². The van der Waals surface area contributed by atoms with Crippen molar-refractivity contribution < 1.29 is 13.5 Å². The third-order valence-corrected chi connectivity index (χ3v) is 5.45. The van der Waals surface area contributed by atoms with Gasteiger partial charge in [-0.05, 0) is 30.2 Å². The Hall–Kier alpha value is -1.22. The maximum Gasteiger partial charge on any atom is 0.240 e. The predicted octanol–water partition coefficient (Wildman–Crippen LogP) is 1.49. The van der Waals surface area contributed by atoms with E-state index in [1.54, 1.807) is 25.4 Å². The summed E-state index contributed by atoms with van der Waals surface area (Å²) in [6, 6.07) is 3.19. The van der Waals surface area contributed by atoms with Crippen LogP contribution in [0.4, 0.5) is 0 Å². The third kappa shape index (κ3) is 3.91. The molecule has 0 saturated heterocycles. The van der Waals surface area contributed by atoms with Gasteiger partial charge >= 0.3 is 0 Å². The lowest BCUT2D eigenvalue weighted by Crippen LogP contribution is -2.27. The average Bonchev–Trinajstić information content (AvgIpc) is 2.94. The Morgan fingerprint density at radius 3 is 2.81 bits per heavy atom. The van der Waals surface area contributed by atoms with Crippen LogP contribution in [0.1, 0.15) is 17.0 Å². The first-order valence-corrected chi connectivity index (χ1v) is 8.59. The van der Waals surface area contributed by atoms with E-state index in [2.05, 4.69) is 30.6 Å². The highest BCUT2D eigenvalue weighted by atomic mass is 79.9. The molecular weight excluding hydrogens is 358 g/mol. The lowest BCUT2D eigenvalue weighted by Gasteiger charge is -2.12. The molecule has 0 saturated carbocycles. The predicted molar refractivity (Wildman–Crippen MR) is 82.3 cm³/mol. The number of aromatic amines is 1. The monoisotopic (exact) mass is 373 g/mol. The van der Waals surface area contributed by atoms with Crippen molar-refractivity contribution in [1.29, 1.82) is 0 Å². The molecule has 0 radical (unpaired) electrons. The first kappa shape index (κ1) is 16.2. The van der Waals surface area contributed by atoms with Gasteiger partial charge in [-0.25, -0.2) is 18.1 Å². The normalized spacial score (nSPS) is 11.8. The summed E-state index contributed by atoms with van der Waals surface area (Å²) in [6.07, 6.45) is 3.79. The zero-order valence-electron chi connectivity index (χ0n) is 11.4. The van der Waals surface area contributed by atoms with E-state index in [4.69, 9.17) is 0 Å². The fourth-order valence-corrected chi connectivity index (χ4v) is 3.88. The number of benzene rings is 1. The molecule has 1 heterocycles. The van der Waals surface area contributed by atoms with Crippen LogP contribution in [0.15, 0.2) is 33.9 Å². The largest absolute Gasteiger partial charge is 0.392 e. The number of hydrogen-bond acceptors (Lipinski definition) is 4. The lowest BCUT2D eigenvalue weighted by atomic mass is 10.2. The molecule has 21 heavy (non-hydrogen) atoms. The van der Waals surface area contributed by atoms with Crippen molar-refractivity contribution in [3.05, 3.63) is 46.0 Å². The minimum Gasteiger partial charge on any atom is -0.392 e. The van der Waals surface area contributed by atoms with Crippen LogP contribution < -0.4 is 4.72 Å². The van der Waals surface area contributed by atoms with Gasteiger partial charge in [-0.3, -0.25) is 0 Å². The zero-order chi connectivity index (χ0) is 15.5. The van der Waals surface area contributed by atoms with Crippen LogP contribution in [-0.4, -0.2) is 30.0 Å². The van der Waals surface area contributed by atoms with Gasteiger partial charge in [0, 0.05) is 29.8 Å². The Morgan fingerprint density at radius 1 is 1.43 bits per heavy atom. The fraction of sp³-hybridized carbons (Fsp3) is 0.308. The maximum absolute atomic E-state index is 12.4. The van der Waals surface area contributed by atoms with Gasteiger partial charge in [0.05, 0.1) is 11.5 Å². The van der Waals surface area contributed by atoms with Crippen molar-refractivity contribution in [2.75, 3.05) is 6.54 Å². The number of aliphatic hydroxyl groups is 1. The smallest absolute Gasteiger partial charge is 0.240 e. The van der Waals surface area contributed by atoms with Crippen LogP contribution in [0.3, 0.4) is 0 Å².